The van der Waals surface area contributed by atoms with Crippen LogP contribution in [0.1, 0.15) is 12.8 Å². The van der Waals surface area contributed by atoms with Gasteiger partial charge in [0, 0.05) is 13.5 Å². The second-order valence-corrected chi connectivity index (χ2v) is 3.16. The number of carbonyl (C=O) groups excluding carboxylic acids is 3. The molecule has 1 aliphatic heterocycles. The number of aliphatic carboxylic acids is 1. The smallest absolute Gasteiger partial charge is 0.394 e. The molecule has 82 valence electrons. The Balaban J connectivity index is 2.65. The number of likely N-dealkylation sites (N-methyl/N-ethyl adjacent to an activating group) is 1. The third kappa shape index (κ3) is 2.30. The van der Waals surface area contributed by atoms with Crippen molar-refractivity contribution in [1.82, 2.24) is 10.2 Å². The predicted octanol–water partition coefficient (Wildman–Crippen LogP) is -1.67. The Morgan fingerprint density at radius 1 is 1.47 bits per heavy atom. The number of piperidine rings is 1. The van der Waals surface area contributed by atoms with Crippen LogP contribution in [0.3, 0.4) is 0 Å². The van der Waals surface area contributed by atoms with Crippen molar-refractivity contribution in [2.45, 2.75) is 18.9 Å². The lowest BCUT2D eigenvalue weighted by Gasteiger charge is -2.27. The van der Waals surface area contributed by atoms with Crippen LogP contribution in [0.5, 0.6) is 0 Å². The van der Waals surface area contributed by atoms with Gasteiger partial charge in [-0.3, -0.25) is 19.3 Å². The SMILES string of the molecule is CN1C(=O)CCC(NC(=O)C(=O)O)C1=O. The van der Waals surface area contributed by atoms with Crippen molar-refractivity contribution in [1.29, 1.82) is 0 Å². The van der Waals surface area contributed by atoms with Crippen LogP contribution in [0.25, 0.3) is 0 Å². The highest BCUT2D eigenvalue weighted by molar-refractivity contribution is 6.32. The number of rotatable bonds is 1. The largest absolute Gasteiger partial charge is 0.474 e. The van der Waals surface area contributed by atoms with Crippen molar-refractivity contribution < 1.29 is 24.3 Å². The molecule has 3 amide bonds. The van der Waals surface area contributed by atoms with Crippen molar-refractivity contribution in [3.63, 3.8) is 0 Å². The molecule has 1 rings (SSSR count). The number of carboxylic acid groups (broad SMARTS) is 1. The zero-order valence-electron chi connectivity index (χ0n) is 8.02. The van der Waals surface area contributed by atoms with Crippen LogP contribution in [-0.2, 0) is 19.2 Å². The standard InChI is InChI=1S/C8H10N2O5/c1-10-5(11)3-2-4(7(10)13)9-6(12)8(14)15/h4H,2-3H2,1H3,(H,9,12)(H,14,15). The number of carbonyl (C=O) groups is 4. The molecule has 0 spiro atoms. The fourth-order valence-electron chi connectivity index (χ4n) is 1.27. The molecule has 2 N–H and O–H groups in total. The van der Waals surface area contributed by atoms with E-state index in [2.05, 4.69) is 0 Å². The number of hydrogen-bond donors (Lipinski definition) is 2. The fraction of sp³-hybridized carbons (Fsp3) is 0.500. The first kappa shape index (κ1) is 11.2. The Labute approximate surface area is 85.0 Å². The van der Waals surface area contributed by atoms with E-state index in [1.54, 1.807) is 0 Å². The van der Waals surface area contributed by atoms with Crippen LogP contribution in [0.4, 0.5) is 0 Å². The molecule has 7 heteroatoms. The van der Waals surface area contributed by atoms with Crippen LogP contribution in [0.2, 0.25) is 0 Å². The Morgan fingerprint density at radius 3 is 2.60 bits per heavy atom. The van der Waals surface area contributed by atoms with Gasteiger partial charge in [-0.1, -0.05) is 0 Å². The summed E-state index contributed by atoms with van der Waals surface area (Å²) in [5.41, 5.74) is 0. The monoisotopic (exact) mass is 214 g/mol. The molecule has 0 bridgehead atoms. The Morgan fingerprint density at radius 2 is 2.07 bits per heavy atom. The van der Waals surface area contributed by atoms with E-state index in [4.69, 9.17) is 5.11 Å². The van der Waals surface area contributed by atoms with E-state index in [9.17, 15) is 19.2 Å². The summed E-state index contributed by atoms with van der Waals surface area (Å²) in [4.78, 5) is 44.3. The third-order valence-electron chi connectivity index (χ3n) is 2.15. The summed E-state index contributed by atoms with van der Waals surface area (Å²) in [5.74, 6) is -3.81. The first-order valence-corrected chi connectivity index (χ1v) is 4.27. The van der Waals surface area contributed by atoms with Gasteiger partial charge in [-0.05, 0) is 6.42 Å². The van der Waals surface area contributed by atoms with E-state index in [1.807, 2.05) is 5.32 Å². The van der Waals surface area contributed by atoms with Crippen LogP contribution in [0, 0.1) is 0 Å². The molecule has 0 radical (unpaired) electrons. The van der Waals surface area contributed by atoms with E-state index < -0.39 is 23.8 Å². The highest BCUT2D eigenvalue weighted by Crippen LogP contribution is 2.10. The lowest BCUT2D eigenvalue weighted by molar-refractivity contribution is -0.153. The number of carboxylic acids is 1. The maximum Gasteiger partial charge on any atom is 0.394 e. The van der Waals surface area contributed by atoms with E-state index in [0.29, 0.717) is 0 Å². The zero-order valence-corrected chi connectivity index (χ0v) is 8.02. The number of amides is 3. The highest BCUT2D eigenvalue weighted by Gasteiger charge is 2.33. The molecule has 0 aromatic carbocycles. The molecule has 0 aromatic rings. The number of nitrogens with one attached hydrogen (secondary N) is 1. The van der Waals surface area contributed by atoms with Gasteiger partial charge in [-0.15, -0.1) is 0 Å². The average molecular weight is 214 g/mol. The molecule has 1 aliphatic rings. The molecular weight excluding hydrogens is 204 g/mol. The first-order chi connectivity index (χ1) is 6.93. The summed E-state index contributed by atoms with van der Waals surface area (Å²) in [6.07, 6.45) is 0.258. The van der Waals surface area contributed by atoms with Crippen LogP contribution in [-0.4, -0.2) is 46.8 Å². The fourth-order valence-corrected chi connectivity index (χ4v) is 1.27. The van der Waals surface area contributed by atoms with Gasteiger partial charge in [0.1, 0.15) is 6.04 Å². The minimum absolute atomic E-state index is 0.118. The second-order valence-electron chi connectivity index (χ2n) is 3.16. The van der Waals surface area contributed by atoms with Gasteiger partial charge in [0.25, 0.3) is 5.91 Å². The van der Waals surface area contributed by atoms with E-state index in [-0.39, 0.29) is 18.7 Å². The Bertz CT molecular complexity index is 338. The van der Waals surface area contributed by atoms with Crippen molar-refractivity contribution >= 4 is 23.7 Å². The summed E-state index contributed by atoms with van der Waals surface area (Å²) in [5, 5.41) is 10.4. The van der Waals surface area contributed by atoms with E-state index in [1.165, 1.54) is 7.05 Å². The molecular formula is C8H10N2O5. The normalized spacial score (nSPS) is 21.4. The minimum atomic E-state index is -1.65. The Hall–Kier alpha value is -1.92. The van der Waals surface area contributed by atoms with Gasteiger partial charge < -0.3 is 10.4 Å². The molecule has 0 saturated carbocycles. The van der Waals surface area contributed by atoms with Gasteiger partial charge in [-0.25, -0.2) is 4.79 Å². The van der Waals surface area contributed by atoms with Gasteiger partial charge in [0.2, 0.25) is 5.91 Å². The minimum Gasteiger partial charge on any atom is -0.474 e. The molecule has 1 fully saturated rings. The van der Waals surface area contributed by atoms with Crippen molar-refractivity contribution in [3.8, 4) is 0 Å². The molecule has 0 aliphatic carbocycles. The van der Waals surface area contributed by atoms with E-state index in [0.717, 1.165) is 4.90 Å². The van der Waals surface area contributed by atoms with Crippen molar-refractivity contribution in [2.75, 3.05) is 7.05 Å². The predicted molar refractivity (Wildman–Crippen MR) is 46.6 cm³/mol. The average Bonchev–Trinajstić information content (AvgIpc) is 2.18. The number of imide groups is 1. The number of likely N-dealkylation sites (tertiary alicyclic amines) is 1. The third-order valence-corrected chi connectivity index (χ3v) is 2.15. The van der Waals surface area contributed by atoms with Crippen molar-refractivity contribution in [3.05, 3.63) is 0 Å². The molecule has 15 heavy (non-hydrogen) atoms. The second kappa shape index (κ2) is 4.07. The van der Waals surface area contributed by atoms with Gasteiger partial charge >= 0.3 is 11.9 Å². The molecule has 7 nitrogen and oxygen atoms in total. The number of hydrogen-bond acceptors (Lipinski definition) is 4. The summed E-state index contributed by atoms with van der Waals surface area (Å²) in [7, 11) is 1.30. The van der Waals surface area contributed by atoms with Crippen LogP contribution in [0.15, 0.2) is 0 Å². The van der Waals surface area contributed by atoms with Crippen LogP contribution < -0.4 is 5.32 Å². The van der Waals surface area contributed by atoms with Crippen molar-refractivity contribution in [2.24, 2.45) is 0 Å². The van der Waals surface area contributed by atoms with Gasteiger partial charge in [0.05, 0.1) is 0 Å². The first-order valence-electron chi connectivity index (χ1n) is 4.27. The molecule has 1 saturated heterocycles. The lowest BCUT2D eigenvalue weighted by atomic mass is 10.0. The number of nitrogens with zero attached hydrogens (tertiary/aromatic N) is 1. The zero-order chi connectivity index (χ0) is 11.6. The summed E-state index contributed by atoms with van der Waals surface area (Å²) < 4.78 is 0. The van der Waals surface area contributed by atoms with Crippen LogP contribution >= 0.6 is 0 Å². The molecule has 0 aromatic heterocycles. The highest BCUT2D eigenvalue weighted by atomic mass is 16.4. The maximum absolute atomic E-state index is 11.4. The summed E-state index contributed by atoms with van der Waals surface area (Å²) in [6, 6.07) is -0.920. The molecule has 1 unspecified atom stereocenters. The summed E-state index contributed by atoms with van der Waals surface area (Å²) in [6.45, 7) is 0. The maximum atomic E-state index is 11.4. The summed E-state index contributed by atoms with van der Waals surface area (Å²) >= 11 is 0. The topological polar surface area (TPSA) is 104 Å². The van der Waals surface area contributed by atoms with E-state index >= 15 is 0 Å². The molecule has 1 heterocycles. The molecule has 1 atom stereocenters. The van der Waals surface area contributed by atoms with Gasteiger partial charge in [0.15, 0.2) is 0 Å². The lowest BCUT2D eigenvalue weighted by Crippen LogP contribution is -2.54. The quantitative estimate of drug-likeness (QED) is 0.401. The Kier molecular flexibility index (Phi) is 3.03. The van der Waals surface area contributed by atoms with Gasteiger partial charge in [-0.2, -0.15) is 0 Å².